The molecule has 0 spiro atoms. The van der Waals surface area contributed by atoms with E-state index in [9.17, 15) is 13.2 Å². The average molecular weight is 359 g/mol. The fraction of sp³-hybridized carbons (Fsp3) is 0.263. The lowest BCUT2D eigenvalue weighted by atomic mass is 10.1. The maximum Gasteiger partial charge on any atom is 0.232 e. The van der Waals surface area contributed by atoms with Gasteiger partial charge in [0.05, 0.1) is 18.5 Å². The monoisotopic (exact) mass is 359 g/mol. The van der Waals surface area contributed by atoms with Crippen LogP contribution in [0.15, 0.2) is 54.6 Å². The second-order valence-corrected chi connectivity index (χ2v) is 7.79. The number of carbonyl (C=O) groups is 1. The third kappa shape index (κ3) is 6.23. The molecule has 2 aromatic rings. The zero-order chi connectivity index (χ0) is 18.3. The summed E-state index contributed by atoms with van der Waals surface area (Å²) in [7, 11) is -3.44. The average Bonchev–Trinajstić information content (AvgIpc) is 2.56. The van der Waals surface area contributed by atoms with Crippen LogP contribution in [0.4, 0.5) is 5.69 Å². The molecule has 6 heteroatoms. The summed E-state index contributed by atoms with van der Waals surface area (Å²) >= 11 is 0. The molecule has 1 N–H and O–H groups in total. The third-order valence-electron chi connectivity index (χ3n) is 3.71. The number of rotatable bonds is 8. The Labute approximate surface area is 149 Å². The zero-order valence-corrected chi connectivity index (χ0v) is 15.3. The second kappa shape index (κ2) is 8.67. The number of aryl methyl sites for hydroxylation is 1. The molecule has 0 aliphatic carbocycles. The number of nitrogens with zero attached hydrogens (tertiary/aromatic N) is 1. The van der Waals surface area contributed by atoms with Gasteiger partial charge in [0.15, 0.2) is 0 Å². The highest BCUT2D eigenvalue weighted by Crippen LogP contribution is 2.16. The van der Waals surface area contributed by atoms with Crippen LogP contribution in [0.2, 0.25) is 0 Å². The normalized spacial score (nSPS) is 11.1. The third-order valence-corrected chi connectivity index (χ3v) is 4.90. The van der Waals surface area contributed by atoms with Crippen molar-refractivity contribution in [3.8, 4) is 0 Å². The fourth-order valence-corrected chi connectivity index (χ4v) is 3.29. The van der Waals surface area contributed by atoms with Gasteiger partial charge in [0.1, 0.15) is 0 Å². The lowest BCUT2D eigenvalue weighted by Crippen LogP contribution is -2.34. The molecule has 133 valence electrons. The lowest BCUT2D eigenvalue weighted by molar-refractivity contribution is -0.120. The van der Waals surface area contributed by atoms with Crippen molar-refractivity contribution in [2.45, 2.75) is 19.8 Å². The van der Waals surface area contributed by atoms with Gasteiger partial charge < -0.3 is 5.32 Å². The van der Waals surface area contributed by atoms with Gasteiger partial charge in [0.25, 0.3) is 0 Å². The van der Waals surface area contributed by atoms with E-state index >= 15 is 0 Å². The number of para-hydroxylation sites is 1. The van der Waals surface area contributed by atoms with Crippen LogP contribution in [0.25, 0.3) is 0 Å². The predicted octanol–water partition coefficient (Wildman–Crippen LogP) is 2.67. The Morgan fingerprint density at radius 3 is 2.32 bits per heavy atom. The number of anilines is 1. The molecule has 0 aliphatic rings. The van der Waals surface area contributed by atoms with E-state index in [1.54, 1.807) is 30.8 Å². The Kier molecular flexibility index (Phi) is 6.58. The minimum Gasteiger partial charge on any atom is -0.351 e. The number of sulfonamides is 1. The van der Waals surface area contributed by atoms with Crippen molar-refractivity contribution >= 4 is 21.6 Å². The topological polar surface area (TPSA) is 66.5 Å². The van der Waals surface area contributed by atoms with Crippen LogP contribution >= 0.6 is 0 Å². The Morgan fingerprint density at radius 2 is 1.72 bits per heavy atom. The molecule has 0 aromatic heterocycles. The number of benzene rings is 2. The van der Waals surface area contributed by atoms with E-state index in [4.69, 9.17) is 0 Å². The van der Waals surface area contributed by atoms with E-state index in [0.717, 1.165) is 11.8 Å². The quantitative estimate of drug-likeness (QED) is 0.788. The molecule has 1 amide bonds. The molecular weight excluding hydrogens is 336 g/mol. The maximum absolute atomic E-state index is 12.0. The Balaban J connectivity index is 1.84. The summed E-state index contributed by atoms with van der Waals surface area (Å²) in [6.45, 7) is 3.82. The zero-order valence-electron chi connectivity index (χ0n) is 14.5. The van der Waals surface area contributed by atoms with Crippen molar-refractivity contribution in [1.29, 1.82) is 0 Å². The number of hydrogen-bond donors (Lipinski definition) is 1. The van der Waals surface area contributed by atoms with Gasteiger partial charge in [-0.2, -0.15) is 0 Å². The van der Waals surface area contributed by atoms with Crippen LogP contribution in [-0.4, -0.2) is 27.1 Å². The molecule has 0 aliphatic heterocycles. The van der Waals surface area contributed by atoms with E-state index in [2.05, 4.69) is 5.32 Å². The molecule has 25 heavy (non-hydrogen) atoms. The Hall–Kier alpha value is -2.34. The van der Waals surface area contributed by atoms with Crippen molar-refractivity contribution in [3.63, 3.8) is 0 Å². The SMILES string of the molecule is Cc1ccc(C[CH]NC(=O)CCN(c2ccccc2)S(C)(=O)=O)cc1. The van der Waals surface area contributed by atoms with Gasteiger partial charge in [-0.1, -0.05) is 48.0 Å². The van der Waals surface area contributed by atoms with E-state index < -0.39 is 10.0 Å². The summed E-state index contributed by atoms with van der Waals surface area (Å²) in [6.07, 6.45) is 1.86. The van der Waals surface area contributed by atoms with E-state index in [1.165, 1.54) is 9.87 Å². The first kappa shape index (κ1) is 19.0. The van der Waals surface area contributed by atoms with E-state index in [1.807, 2.05) is 37.3 Å². The molecule has 2 rings (SSSR count). The van der Waals surface area contributed by atoms with E-state index in [0.29, 0.717) is 12.1 Å². The summed E-state index contributed by atoms with van der Waals surface area (Å²) in [4.78, 5) is 12.0. The highest BCUT2D eigenvalue weighted by atomic mass is 32.2. The van der Waals surface area contributed by atoms with Gasteiger partial charge in [0, 0.05) is 13.0 Å². The Bertz CT molecular complexity index is 787. The van der Waals surface area contributed by atoms with Crippen LogP contribution in [0.3, 0.4) is 0 Å². The van der Waals surface area contributed by atoms with Crippen LogP contribution in [-0.2, 0) is 21.2 Å². The standard InChI is InChI=1S/C19H23N2O3S/c1-16-8-10-17(11-9-16)12-14-20-19(22)13-15-21(25(2,23)24)18-6-4-3-5-7-18/h3-11,14H,12-13,15H2,1-2H3,(H,20,22). The molecule has 0 bridgehead atoms. The fourth-order valence-electron chi connectivity index (χ4n) is 2.36. The van der Waals surface area contributed by atoms with Crippen molar-refractivity contribution in [2.75, 3.05) is 17.1 Å². The summed E-state index contributed by atoms with van der Waals surface area (Å²) < 4.78 is 25.2. The maximum atomic E-state index is 12.0. The Morgan fingerprint density at radius 1 is 1.08 bits per heavy atom. The first-order valence-corrected chi connectivity index (χ1v) is 9.90. The number of hydrogen-bond acceptors (Lipinski definition) is 3. The number of carbonyl (C=O) groups excluding carboxylic acids is 1. The van der Waals surface area contributed by atoms with Crippen molar-refractivity contribution in [1.82, 2.24) is 5.32 Å². The van der Waals surface area contributed by atoms with E-state index in [-0.39, 0.29) is 18.9 Å². The van der Waals surface area contributed by atoms with Crippen LogP contribution in [0.1, 0.15) is 17.5 Å². The van der Waals surface area contributed by atoms with Crippen molar-refractivity contribution in [2.24, 2.45) is 0 Å². The number of nitrogens with one attached hydrogen (secondary N) is 1. The molecule has 0 atom stereocenters. The summed E-state index contributed by atoms with van der Waals surface area (Å²) in [5, 5.41) is 2.72. The van der Waals surface area contributed by atoms with Gasteiger partial charge in [-0.05, 0) is 31.0 Å². The molecule has 2 aromatic carbocycles. The molecule has 5 nitrogen and oxygen atoms in total. The minimum atomic E-state index is -3.44. The highest BCUT2D eigenvalue weighted by Gasteiger charge is 2.18. The second-order valence-electron chi connectivity index (χ2n) is 5.88. The molecule has 0 unspecified atom stereocenters. The molecule has 0 saturated carbocycles. The smallest absolute Gasteiger partial charge is 0.232 e. The molecular formula is C19H23N2O3S. The number of amides is 1. The first-order valence-electron chi connectivity index (χ1n) is 8.05. The van der Waals surface area contributed by atoms with Gasteiger partial charge in [0.2, 0.25) is 15.9 Å². The summed E-state index contributed by atoms with van der Waals surface area (Å²) in [6, 6.07) is 16.8. The van der Waals surface area contributed by atoms with Crippen molar-refractivity contribution < 1.29 is 13.2 Å². The van der Waals surface area contributed by atoms with Crippen molar-refractivity contribution in [3.05, 3.63) is 72.3 Å². The molecule has 0 fully saturated rings. The van der Waals surface area contributed by atoms with Gasteiger partial charge in [-0.25, -0.2) is 8.42 Å². The first-order chi connectivity index (χ1) is 11.9. The molecule has 0 saturated heterocycles. The van der Waals surface area contributed by atoms with Crippen LogP contribution in [0.5, 0.6) is 0 Å². The van der Waals surface area contributed by atoms with Gasteiger partial charge in [-0.3, -0.25) is 9.10 Å². The molecule has 0 heterocycles. The largest absolute Gasteiger partial charge is 0.351 e. The molecule has 1 radical (unpaired) electrons. The van der Waals surface area contributed by atoms with Crippen LogP contribution in [0, 0.1) is 13.5 Å². The van der Waals surface area contributed by atoms with Gasteiger partial charge in [-0.15, -0.1) is 0 Å². The highest BCUT2D eigenvalue weighted by molar-refractivity contribution is 7.92. The summed E-state index contributed by atoms with van der Waals surface area (Å²) in [5.41, 5.74) is 2.85. The van der Waals surface area contributed by atoms with Gasteiger partial charge >= 0.3 is 0 Å². The lowest BCUT2D eigenvalue weighted by Gasteiger charge is -2.22. The minimum absolute atomic E-state index is 0.0896. The summed E-state index contributed by atoms with van der Waals surface area (Å²) in [5.74, 6) is -0.211. The van der Waals surface area contributed by atoms with Crippen LogP contribution < -0.4 is 9.62 Å². The predicted molar refractivity (Wildman–Crippen MR) is 101 cm³/mol.